The molecule has 0 saturated carbocycles. The first-order valence-electron chi connectivity index (χ1n) is 4.12. The van der Waals surface area contributed by atoms with Crippen LogP contribution in [0.3, 0.4) is 0 Å². The number of nitriles is 1. The molecule has 0 saturated heterocycles. The second kappa shape index (κ2) is 4.59. The summed E-state index contributed by atoms with van der Waals surface area (Å²) in [4.78, 5) is 20.7. The summed E-state index contributed by atoms with van der Waals surface area (Å²) in [5.74, 6) is -0.375. The summed E-state index contributed by atoms with van der Waals surface area (Å²) in [6, 6.07) is 4.04. The van der Waals surface area contributed by atoms with E-state index in [1.165, 1.54) is 13.0 Å². The van der Waals surface area contributed by atoms with Gasteiger partial charge in [0.15, 0.2) is 5.56 Å². The maximum Gasteiger partial charge on any atom is 0.288 e. The van der Waals surface area contributed by atoms with Crippen molar-refractivity contribution in [2.75, 3.05) is 5.32 Å². The molecule has 82 valence electrons. The Balaban J connectivity index is 3.35. The number of nitro benzene ring substituents is 1. The summed E-state index contributed by atoms with van der Waals surface area (Å²) >= 11 is 5.76. The zero-order valence-corrected chi connectivity index (χ0v) is 8.91. The first-order chi connectivity index (χ1) is 7.47. The molecule has 1 aromatic rings. The van der Waals surface area contributed by atoms with E-state index >= 15 is 0 Å². The van der Waals surface area contributed by atoms with Crippen molar-refractivity contribution in [2.24, 2.45) is 0 Å². The average molecular weight is 240 g/mol. The van der Waals surface area contributed by atoms with E-state index in [9.17, 15) is 14.9 Å². The number of amides is 1. The van der Waals surface area contributed by atoms with Gasteiger partial charge in [-0.2, -0.15) is 5.26 Å². The standard InChI is InChI=1S/C9H6ClN3O3/c1-5(14)12-7-2-3-8(13(15)16)6(4-11)9(7)10/h2-3H,1H3,(H,12,14). The lowest BCUT2D eigenvalue weighted by Crippen LogP contribution is -2.07. The van der Waals surface area contributed by atoms with E-state index in [-0.39, 0.29) is 27.9 Å². The number of carbonyl (C=O) groups excluding carboxylic acids is 1. The average Bonchev–Trinajstić information content (AvgIpc) is 2.19. The zero-order chi connectivity index (χ0) is 12.3. The lowest BCUT2D eigenvalue weighted by Gasteiger charge is -2.05. The van der Waals surface area contributed by atoms with Crippen LogP contribution in [0.1, 0.15) is 12.5 Å². The van der Waals surface area contributed by atoms with E-state index in [2.05, 4.69) is 5.32 Å². The highest BCUT2D eigenvalue weighted by Gasteiger charge is 2.19. The summed E-state index contributed by atoms with van der Waals surface area (Å²) in [5.41, 5.74) is -0.476. The fourth-order valence-corrected chi connectivity index (χ4v) is 1.36. The number of nitrogens with zero attached hydrogens (tertiary/aromatic N) is 2. The normalized spacial score (nSPS) is 9.31. The Hall–Kier alpha value is -2.13. The van der Waals surface area contributed by atoms with Gasteiger partial charge in [-0.1, -0.05) is 11.6 Å². The third kappa shape index (κ3) is 2.27. The maximum absolute atomic E-state index is 10.8. The van der Waals surface area contributed by atoms with Gasteiger partial charge in [-0.3, -0.25) is 14.9 Å². The van der Waals surface area contributed by atoms with Crippen molar-refractivity contribution in [3.63, 3.8) is 0 Å². The molecule has 0 spiro atoms. The van der Waals surface area contributed by atoms with E-state index in [0.29, 0.717) is 0 Å². The number of carbonyl (C=O) groups is 1. The lowest BCUT2D eigenvalue weighted by atomic mass is 10.1. The minimum Gasteiger partial charge on any atom is -0.325 e. The highest BCUT2D eigenvalue weighted by molar-refractivity contribution is 6.35. The van der Waals surface area contributed by atoms with Gasteiger partial charge in [0.1, 0.15) is 6.07 Å². The topological polar surface area (TPSA) is 96.0 Å². The molecule has 0 aliphatic heterocycles. The van der Waals surface area contributed by atoms with Crippen molar-refractivity contribution < 1.29 is 9.72 Å². The van der Waals surface area contributed by atoms with Gasteiger partial charge in [-0.25, -0.2) is 0 Å². The van der Waals surface area contributed by atoms with Crippen molar-refractivity contribution >= 4 is 28.9 Å². The summed E-state index contributed by atoms with van der Waals surface area (Å²) in [6.07, 6.45) is 0. The molecule has 0 unspecified atom stereocenters. The molecule has 0 fully saturated rings. The third-order valence-corrected chi connectivity index (χ3v) is 2.13. The Morgan fingerprint density at radius 2 is 2.25 bits per heavy atom. The fourth-order valence-electron chi connectivity index (χ4n) is 1.11. The Morgan fingerprint density at radius 1 is 1.62 bits per heavy atom. The molecule has 16 heavy (non-hydrogen) atoms. The minimum atomic E-state index is -0.706. The minimum absolute atomic E-state index is 0.132. The summed E-state index contributed by atoms with van der Waals surface area (Å²) < 4.78 is 0. The van der Waals surface area contributed by atoms with E-state index in [1.54, 1.807) is 6.07 Å². The molecular weight excluding hydrogens is 234 g/mol. The van der Waals surface area contributed by atoms with Gasteiger partial charge >= 0.3 is 0 Å². The molecule has 1 rings (SSSR count). The predicted octanol–water partition coefficient (Wildman–Crippen LogP) is 2.08. The number of hydrogen-bond acceptors (Lipinski definition) is 4. The Morgan fingerprint density at radius 3 is 2.69 bits per heavy atom. The summed E-state index contributed by atoms with van der Waals surface area (Å²) in [7, 11) is 0. The number of hydrogen-bond donors (Lipinski definition) is 1. The Labute approximate surface area is 95.6 Å². The zero-order valence-electron chi connectivity index (χ0n) is 8.15. The maximum atomic E-state index is 10.8. The van der Waals surface area contributed by atoms with E-state index in [4.69, 9.17) is 16.9 Å². The molecule has 0 aliphatic rings. The van der Waals surface area contributed by atoms with Gasteiger partial charge in [0.2, 0.25) is 5.91 Å². The van der Waals surface area contributed by atoms with Crippen LogP contribution in [0.2, 0.25) is 5.02 Å². The summed E-state index contributed by atoms with van der Waals surface area (Å²) in [5, 5.41) is 21.6. The largest absolute Gasteiger partial charge is 0.325 e. The molecule has 0 aromatic heterocycles. The van der Waals surface area contributed by atoms with Crippen molar-refractivity contribution in [1.29, 1.82) is 5.26 Å². The van der Waals surface area contributed by atoms with Crippen molar-refractivity contribution in [3.05, 3.63) is 32.8 Å². The number of nitro groups is 1. The number of benzene rings is 1. The molecule has 0 aliphatic carbocycles. The van der Waals surface area contributed by atoms with Crippen LogP contribution in [0.4, 0.5) is 11.4 Å². The molecule has 1 amide bonds. The lowest BCUT2D eigenvalue weighted by molar-refractivity contribution is -0.385. The number of rotatable bonds is 2. The molecule has 0 heterocycles. The van der Waals surface area contributed by atoms with Crippen LogP contribution in [-0.2, 0) is 4.79 Å². The summed E-state index contributed by atoms with van der Waals surface area (Å²) in [6.45, 7) is 1.27. The number of halogens is 1. The molecule has 0 bridgehead atoms. The molecule has 7 heteroatoms. The van der Waals surface area contributed by atoms with Crippen LogP contribution in [0.15, 0.2) is 12.1 Å². The first kappa shape index (κ1) is 11.9. The second-order valence-corrected chi connectivity index (χ2v) is 3.25. The molecule has 1 N–H and O–H groups in total. The quantitative estimate of drug-likeness (QED) is 0.631. The van der Waals surface area contributed by atoms with Gasteiger partial charge in [0.25, 0.3) is 5.69 Å². The SMILES string of the molecule is CC(=O)Nc1ccc([N+](=O)[O-])c(C#N)c1Cl. The highest BCUT2D eigenvalue weighted by Crippen LogP contribution is 2.32. The smallest absolute Gasteiger partial charge is 0.288 e. The Bertz CT molecular complexity index is 507. The van der Waals surface area contributed by atoms with Crippen LogP contribution in [0.25, 0.3) is 0 Å². The van der Waals surface area contributed by atoms with E-state index in [1.807, 2.05) is 0 Å². The second-order valence-electron chi connectivity index (χ2n) is 2.87. The van der Waals surface area contributed by atoms with Gasteiger partial charge in [-0.05, 0) is 6.07 Å². The van der Waals surface area contributed by atoms with Crippen molar-refractivity contribution in [2.45, 2.75) is 6.92 Å². The molecule has 0 atom stereocenters. The molecular formula is C9H6ClN3O3. The number of anilines is 1. The fraction of sp³-hybridized carbons (Fsp3) is 0.111. The van der Waals surface area contributed by atoms with E-state index in [0.717, 1.165) is 6.07 Å². The van der Waals surface area contributed by atoms with E-state index < -0.39 is 4.92 Å². The van der Waals surface area contributed by atoms with Crippen LogP contribution >= 0.6 is 11.6 Å². The van der Waals surface area contributed by atoms with Crippen LogP contribution in [0, 0.1) is 21.4 Å². The van der Waals surface area contributed by atoms with Crippen molar-refractivity contribution in [3.8, 4) is 6.07 Å². The van der Waals surface area contributed by atoms with Gasteiger partial charge < -0.3 is 5.32 Å². The highest BCUT2D eigenvalue weighted by atomic mass is 35.5. The molecule has 6 nitrogen and oxygen atoms in total. The monoisotopic (exact) mass is 239 g/mol. The van der Waals surface area contributed by atoms with Gasteiger partial charge in [0.05, 0.1) is 15.6 Å². The Kier molecular flexibility index (Phi) is 3.43. The van der Waals surface area contributed by atoms with Gasteiger partial charge in [-0.15, -0.1) is 0 Å². The van der Waals surface area contributed by atoms with Gasteiger partial charge in [0, 0.05) is 13.0 Å². The predicted molar refractivity (Wildman–Crippen MR) is 57.1 cm³/mol. The molecule has 1 aromatic carbocycles. The van der Waals surface area contributed by atoms with Crippen LogP contribution < -0.4 is 5.32 Å². The van der Waals surface area contributed by atoms with Crippen molar-refractivity contribution in [1.82, 2.24) is 0 Å². The van der Waals surface area contributed by atoms with Crippen LogP contribution in [0.5, 0.6) is 0 Å². The number of nitrogens with one attached hydrogen (secondary N) is 1. The molecule has 0 radical (unpaired) electrons. The first-order valence-corrected chi connectivity index (χ1v) is 4.49. The van der Waals surface area contributed by atoms with Crippen LogP contribution in [-0.4, -0.2) is 10.8 Å². The third-order valence-electron chi connectivity index (χ3n) is 1.74.